The van der Waals surface area contributed by atoms with Gasteiger partial charge in [0.1, 0.15) is 5.60 Å². The van der Waals surface area contributed by atoms with E-state index in [1.165, 1.54) is 10.4 Å². The Hall–Kier alpha value is -1.36. The molecule has 5 heteroatoms. The molecule has 0 aliphatic heterocycles. The van der Waals surface area contributed by atoms with Gasteiger partial charge in [0.15, 0.2) is 5.78 Å². The van der Waals surface area contributed by atoms with Gasteiger partial charge < -0.3 is 10.1 Å². The predicted octanol–water partition coefficient (Wildman–Crippen LogP) is 4.11. The molecule has 1 aliphatic carbocycles. The molecule has 0 spiro atoms. The number of thiophene rings is 1. The van der Waals surface area contributed by atoms with E-state index in [-0.39, 0.29) is 17.4 Å². The average Bonchev–Trinajstić information content (AvgIpc) is 2.77. The van der Waals surface area contributed by atoms with E-state index in [9.17, 15) is 9.59 Å². The molecule has 1 N–H and O–H groups in total. The monoisotopic (exact) mass is 323 g/mol. The molecule has 22 heavy (non-hydrogen) atoms. The molecule has 1 heterocycles. The summed E-state index contributed by atoms with van der Waals surface area (Å²) >= 11 is 1.63. The van der Waals surface area contributed by atoms with Crippen molar-refractivity contribution >= 4 is 23.2 Å². The van der Waals surface area contributed by atoms with E-state index in [2.05, 4.69) is 5.32 Å². The number of hydrogen-bond acceptors (Lipinski definition) is 4. The standard InChI is InChI=1S/C17H25NO3S/c1-6-13(19)12-10-22-14-9-17(5,8-7-11(12)14)18-15(20)21-16(2,3)4/h10H,6-9H2,1-5H3,(H,18,20). The lowest BCUT2D eigenvalue weighted by molar-refractivity contribution is 0.0455. The Balaban J connectivity index is 2.09. The van der Waals surface area contributed by atoms with Crippen LogP contribution in [0, 0.1) is 0 Å². The lowest BCUT2D eigenvalue weighted by atomic mass is 9.81. The number of Topliss-reactive ketones (excluding diaryl/α,β-unsaturated/α-hetero) is 1. The minimum atomic E-state index is -0.496. The first kappa shape index (κ1) is 17.0. The molecular formula is C17H25NO3S. The first-order chi connectivity index (χ1) is 10.1. The van der Waals surface area contributed by atoms with Crippen LogP contribution in [0.2, 0.25) is 0 Å². The second-order valence-corrected chi connectivity index (χ2v) is 8.16. The van der Waals surface area contributed by atoms with Gasteiger partial charge >= 0.3 is 6.09 Å². The van der Waals surface area contributed by atoms with Crippen LogP contribution in [0.25, 0.3) is 0 Å². The van der Waals surface area contributed by atoms with E-state index in [4.69, 9.17) is 4.74 Å². The molecule has 122 valence electrons. The van der Waals surface area contributed by atoms with E-state index in [1.54, 1.807) is 11.3 Å². The van der Waals surface area contributed by atoms with Crippen LogP contribution in [0.5, 0.6) is 0 Å². The third kappa shape index (κ3) is 3.88. The number of amides is 1. The van der Waals surface area contributed by atoms with Crippen LogP contribution in [0.1, 0.15) is 68.3 Å². The van der Waals surface area contributed by atoms with Gasteiger partial charge in [-0.25, -0.2) is 4.79 Å². The summed E-state index contributed by atoms with van der Waals surface area (Å²) < 4.78 is 5.35. The van der Waals surface area contributed by atoms with Gasteiger partial charge in [0, 0.05) is 34.2 Å². The Bertz CT molecular complexity index is 585. The summed E-state index contributed by atoms with van der Waals surface area (Å²) in [5.74, 6) is 0.209. The van der Waals surface area contributed by atoms with E-state index in [1.807, 2.05) is 40.0 Å². The number of fused-ring (bicyclic) bond motifs is 1. The maximum atomic E-state index is 12.0. The van der Waals surface area contributed by atoms with Gasteiger partial charge in [-0.1, -0.05) is 6.92 Å². The van der Waals surface area contributed by atoms with Crippen LogP contribution in [-0.4, -0.2) is 23.0 Å². The number of nitrogens with one attached hydrogen (secondary N) is 1. The zero-order chi connectivity index (χ0) is 16.5. The maximum absolute atomic E-state index is 12.0. The largest absolute Gasteiger partial charge is 0.444 e. The quantitative estimate of drug-likeness (QED) is 0.852. The fourth-order valence-corrected chi connectivity index (χ4v) is 4.06. The van der Waals surface area contributed by atoms with Gasteiger partial charge in [0.25, 0.3) is 0 Å². The van der Waals surface area contributed by atoms with Crippen molar-refractivity contribution in [2.75, 3.05) is 0 Å². The van der Waals surface area contributed by atoms with Crippen LogP contribution >= 0.6 is 11.3 Å². The molecule has 0 radical (unpaired) electrons. The Labute approximate surface area is 136 Å². The fraction of sp³-hybridized carbons (Fsp3) is 0.647. The number of carbonyl (C=O) groups is 2. The van der Waals surface area contributed by atoms with E-state index < -0.39 is 5.60 Å². The second-order valence-electron chi connectivity index (χ2n) is 7.19. The highest BCUT2D eigenvalue weighted by atomic mass is 32.1. The normalized spacial score (nSPS) is 21.1. The van der Waals surface area contributed by atoms with Gasteiger partial charge in [0.05, 0.1) is 0 Å². The lowest BCUT2D eigenvalue weighted by Crippen LogP contribution is -2.51. The molecule has 0 saturated carbocycles. The molecule has 1 unspecified atom stereocenters. The Kier molecular flexibility index (Phi) is 4.66. The van der Waals surface area contributed by atoms with Gasteiger partial charge in [-0.2, -0.15) is 0 Å². The summed E-state index contributed by atoms with van der Waals surface area (Å²) in [6.45, 7) is 9.51. The molecule has 1 amide bonds. The van der Waals surface area contributed by atoms with Crippen molar-refractivity contribution in [1.82, 2.24) is 5.32 Å². The summed E-state index contributed by atoms with van der Waals surface area (Å²) in [5.41, 5.74) is 1.25. The molecule has 0 fully saturated rings. The summed E-state index contributed by atoms with van der Waals surface area (Å²) in [4.78, 5) is 25.2. The highest BCUT2D eigenvalue weighted by Crippen LogP contribution is 2.35. The van der Waals surface area contributed by atoms with Crippen LogP contribution < -0.4 is 5.32 Å². The maximum Gasteiger partial charge on any atom is 0.408 e. The van der Waals surface area contributed by atoms with Gasteiger partial charge in [-0.15, -0.1) is 11.3 Å². The van der Waals surface area contributed by atoms with Gasteiger partial charge in [0.2, 0.25) is 0 Å². The summed E-state index contributed by atoms with van der Waals surface area (Å²) in [7, 11) is 0. The van der Waals surface area contributed by atoms with Crippen LogP contribution in [0.3, 0.4) is 0 Å². The fourth-order valence-electron chi connectivity index (χ4n) is 2.77. The number of alkyl carbamates (subject to hydrolysis) is 1. The Morgan fingerprint density at radius 1 is 1.41 bits per heavy atom. The Morgan fingerprint density at radius 2 is 2.09 bits per heavy atom. The van der Waals surface area contributed by atoms with Crippen molar-refractivity contribution in [2.24, 2.45) is 0 Å². The second kappa shape index (κ2) is 6.03. The van der Waals surface area contributed by atoms with E-state index in [0.29, 0.717) is 6.42 Å². The van der Waals surface area contributed by atoms with Crippen molar-refractivity contribution < 1.29 is 14.3 Å². The number of hydrogen-bond donors (Lipinski definition) is 1. The molecule has 1 aromatic heterocycles. The summed E-state index contributed by atoms with van der Waals surface area (Å²) in [6.07, 6.45) is 2.56. The van der Waals surface area contributed by atoms with Gasteiger partial charge in [-0.05, 0) is 46.1 Å². The van der Waals surface area contributed by atoms with Crippen molar-refractivity contribution in [3.8, 4) is 0 Å². The third-order valence-electron chi connectivity index (χ3n) is 3.88. The Morgan fingerprint density at radius 3 is 2.68 bits per heavy atom. The minimum absolute atomic E-state index is 0.209. The zero-order valence-electron chi connectivity index (χ0n) is 14.0. The molecule has 0 bridgehead atoms. The molecule has 1 aliphatic rings. The number of rotatable bonds is 3. The van der Waals surface area contributed by atoms with Crippen molar-refractivity contribution in [3.05, 3.63) is 21.4 Å². The molecule has 2 rings (SSSR count). The highest BCUT2D eigenvalue weighted by molar-refractivity contribution is 7.10. The molecule has 1 aromatic rings. The van der Waals surface area contributed by atoms with Crippen molar-refractivity contribution in [2.45, 2.75) is 71.4 Å². The van der Waals surface area contributed by atoms with E-state index >= 15 is 0 Å². The number of ketones is 1. The molecule has 4 nitrogen and oxygen atoms in total. The van der Waals surface area contributed by atoms with Crippen molar-refractivity contribution in [1.29, 1.82) is 0 Å². The molecule has 0 aromatic carbocycles. The van der Waals surface area contributed by atoms with Crippen LogP contribution in [0.4, 0.5) is 4.79 Å². The zero-order valence-corrected chi connectivity index (χ0v) is 14.9. The summed E-state index contributed by atoms with van der Waals surface area (Å²) in [5, 5.41) is 4.97. The third-order valence-corrected chi connectivity index (χ3v) is 4.91. The SMILES string of the molecule is CCC(=O)c1csc2c1CCC(C)(NC(=O)OC(C)(C)C)C2. The molecular weight excluding hydrogens is 298 g/mol. The van der Waals surface area contributed by atoms with Gasteiger partial charge in [-0.3, -0.25) is 4.79 Å². The minimum Gasteiger partial charge on any atom is -0.444 e. The first-order valence-corrected chi connectivity index (χ1v) is 8.65. The smallest absolute Gasteiger partial charge is 0.408 e. The molecule has 1 atom stereocenters. The number of carbonyl (C=O) groups excluding carboxylic acids is 2. The number of ether oxygens (including phenoxy) is 1. The predicted molar refractivity (Wildman–Crippen MR) is 88.7 cm³/mol. The lowest BCUT2D eigenvalue weighted by Gasteiger charge is -2.35. The molecule has 0 saturated heterocycles. The van der Waals surface area contributed by atoms with Crippen LogP contribution in [0.15, 0.2) is 5.38 Å². The topological polar surface area (TPSA) is 55.4 Å². The van der Waals surface area contributed by atoms with E-state index in [0.717, 1.165) is 24.8 Å². The summed E-state index contributed by atoms with van der Waals surface area (Å²) in [6, 6.07) is 0. The van der Waals surface area contributed by atoms with Crippen LogP contribution in [-0.2, 0) is 17.6 Å². The van der Waals surface area contributed by atoms with Crippen molar-refractivity contribution in [3.63, 3.8) is 0 Å². The first-order valence-electron chi connectivity index (χ1n) is 7.77. The highest BCUT2D eigenvalue weighted by Gasteiger charge is 2.35. The average molecular weight is 323 g/mol.